The maximum Gasteiger partial charge on any atom is 0.143 e. The predicted octanol–water partition coefficient (Wildman–Crippen LogP) is 4.56. The van der Waals surface area contributed by atoms with Gasteiger partial charge in [-0.1, -0.05) is 60.7 Å². The minimum Gasteiger partial charge on any atom is -0.505 e. The molecule has 0 aliphatic carbocycles. The molecule has 0 saturated heterocycles. The molecule has 7 N–H and O–H groups in total. The number of benzene rings is 4. The molecule has 5 nitrogen and oxygen atoms in total. The lowest BCUT2D eigenvalue weighted by Crippen LogP contribution is -1.99. The Kier molecular flexibility index (Phi) is 4.89. The second-order valence-corrected chi connectivity index (χ2v) is 6.78. The van der Waals surface area contributed by atoms with Crippen molar-refractivity contribution in [3.05, 3.63) is 84.4 Å². The molecule has 144 valence electrons. The molecule has 0 amide bonds. The molecule has 5 heteroatoms. The number of para-hydroxylation sites is 2. The van der Waals surface area contributed by atoms with Gasteiger partial charge in [0.2, 0.25) is 0 Å². The highest BCUT2D eigenvalue weighted by molar-refractivity contribution is 6.06. The second kappa shape index (κ2) is 7.66. The number of phenols is 1. The lowest BCUT2D eigenvalue weighted by Gasteiger charge is -2.08. The summed E-state index contributed by atoms with van der Waals surface area (Å²) in [5.41, 5.74) is 21.2. The number of hydrogen-bond donors (Lipinski definition) is 4. The molecule has 0 atom stereocenters. The minimum absolute atomic E-state index is 0.103. The van der Waals surface area contributed by atoms with E-state index in [1.54, 1.807) is 0 Å². The first-order chi connectivity index (χ1) is 14.1. The Morgan fingerprint density at radius 2 is 1.21 bits per heavy atom. The van der Waals surface area contributed by atoms with E-state index < -0.39 is 0 Å². The van der Waals surface area contributed by atoms with Crippen LogP contribution < -0.4 is 17.2 Å². The summed E-state index contributed by atoms with van der Waals surface area (Å²) in [5, 5.41) is 13.6. The van der Waals surface area contributed by atoms with Gasteiger partial charge in [-0.25, -0.2) is 4.98 Å². The summed E-state index contributed by atoms with van der Waals surface area (Å²) in [6, 6.07) is 25.4. The van der Waals surface area contributed by atoms with Gasteiger partial charge in [0, 0.05) is 28.3 Å². The summed E-state index contributed by atoms with van der Waals surface area (Å²) in [6.45, 7) is 0.293. The molecule has 0 aliphatic heterocycles. The van der Waals surface area contributed by atoms with Crippen LogP contribution in [0, 0.1) is 0 Å². The van der Waals surface area contributed by atoms with E-state index in [4.69, 9.17) is 17.2 Å². The standard InChI is InChI=1S/C13H10N2.C11H12N2O/c14-13-9-5-1-3-7-11(9)15-12-8-4-2-6-10(12)13;12-6-8-5-7-3-1-2-4-9(7)10(13)11(8)14/h1-8H,(H2,14,15);1-5,14H,6,12-13H2. The van der Waals surface area contributed by atoms with Crippen LogP contribution in [0.1, 0.15) is 5.56 Å². The number of phenolic OH excluding ortho intramolecular Hbond substituents is 1. The van der Waals surface area contributed by atoms with Gasteiger partial charge in [-0.05, 0) is 23.6 Å². The summed E-state index contributed by atoms with van der Waals surface area (Å²) in [6.07, 6.45) is 0. The topological polar surface area (TPSA) is 111 Å². The van der Waals surface area contributed by atoms with Gasteiger partial charge in [-0.3, -0.25) is 0 Å². The van der Waals surface area contributed by atoms with Crippen LogP contribution in [-0.2, 0) is 6.54 Å². The highest BCUT2D eigenvalue weighted by atomic mass is 16.3. The molecule has 0 fully saturated rings. The number of aromatic nitrogens is 1. The van der Waals surface area contributed by atoms with Gasteiger partial charge in [-0.15, -0.1) is 0 Å². The molecule has 5 aromatic rings. The molecule has 4 aromatic carbocycles. The van der Waals surface area contributed by atoms with E-state index >= 15 is 0 Å². The van der Waals surface area contributed by atoms with Crippen molar-refractivity contribution < 1.29 is 5.11 Å². The number of pyridine rings is 1. The first kappa shape index (κ1) is 18.5. The summed E-state index contributed by atoms with van der Waals surface area (Å²) >= 11 is 0. The molecule has 0 radical (unpaired) electrons. The lowest BCUT2D eigenvalue weighted by atomic mass is 10.0. The normalized spacial score (nSPS) is 10.8. The van der Waals surface area contributed by atoms with E-state index in [-0.39, 0.29) is 5.75 Å². The van der Waals surface area contributed by atoms with Crippen molar-refractivity contribution in [2.45, 2.75) is 6.54 Å². The maximum atomic E-state index is 9.69. The van der Waals surface area contributed by atoms with Gasteiger partial charge in [0.1, 0.15) is 5.75 Å². The number of nitrogens with two attached hydrogens (primary N) is 3. The van der Waals surface area contributed by atoms with Crippen molar-refractivity contribution in [2.75, 3.05) is 11.5 Å². The Morgan fingerprint density at radius 1 is 0.690 bits per heavy atom. The predicted molar refractivity (Wildman–Crippen MR) is 122 cm³/mol. The largest absolute Gasteiger partial charge is 0.505 e. The zero-order chi connectivity index (χ0) is 20.4. The van der Waals surface area contributed by atoms with Crippen LogP contribution in [0.3, 0.4) is 0 Å². The maximum absolute atomic E-state index is 9.69. The van der Waals surface area contributed by atoms with Crippen LogP contribution in [0.4, 0.5) is 11.4 Å². The Labute approximate surface area is 168 Å². The highest BCUT2D eigenvalue weighted by Crippen LogP contribution is 2.33. The molecule has 0 bridgehead atoms. The third-order valence-corrected chi connectivity index (χ3v) is 4.99. The van der Waals surface area contributed by atoms with E-state index in [0.717, 1.165) is 38.3 Å². The summed E-state index contributed by atoms with van der Waals surface area (Å²) in [7, 11) is 0. The van der Waals surface area contributed by atoms with E-state index in [9.17, 15) is 5.11 Å². The van der Waals surface area contributed by atoms with E-state index in [1.165, 1.54) is 0 Å². The number of anilines is 2. The Morgan fingerprint density at radius 3 is 1.79 bits per heavy atom. The van der Waals surface area contributed by atoms with Crippen molar-refractivity contribution in [1.29, 1.82) is 0 Å². The molecule has 5 rings (SSSR count). The quantitative estimate of drug-likeness (QED) is 0.193. The van der Waals surface area contributed by atoms with Crippen molar-refractivity contribution >= 4 is 44.0 Å². The fraction of sp³-hybridized carbons (Fsp3) is 0.0417. The summed E-state index contributed by atoms with van der Waals surface area (Å²) in [4.78, 5) is 4.56. The number of hydrogen-bond acceptors (Lipinski definition) is 5. The van der Waals surface area contributed by atoms with Crippen molar-refractivity contribution in [2.24, 2.45) is 5.73 Å². The van der Waals surface area contributed by atoms with Gasteiger partial charge in [-0.2, -0.15) is 0 Å². The number of nitrogen functional groups attached to an aromatic ring is 2. The molecule has 0 unspecified atom stereocenters. The van der Waals surface area contributed by atoms with Crippen LogP contribution in [0.5, 0.6) is 5.75 Å². The van der Waals surface area contributed by atoms with E-state index in [1.807, 2.05) is 78.9 Å². The number of fused-ring (bicyclic) bond motifs is 3. The van der Waals surface area contributed by atoms with Crippen LogP contribution in [0.15, 0.2) is 78.9 Å². The van der Waals surface area contributed by atoms with Crippen LogP contribution in [-0.4, -0.2) is 10.1 Å². The van der Waals surface area contributed by atoms with Crippen molar-refractivity contribution in [3.8, 4) is 5.75 Å². The van der Waals surface area contributed by atoms with E-state index in [2.05, 4.69) is 4.98 Å². The number of aromatic hydroxyl groups is 1. The molecule has 0 saturated carbocycles. The Balaban J connectivity index is 0.000000142. The minimum atomic E-state index is 0.103. The Bertz CT molecular complexity index is 1280. The average molecular weight is 382 g/mol. The Hall–Kier alpha value is -3.83. The molecule has 1 aromatic heterocycles. The molecule has 0 aliphatic rings. The molecular weight excluding hydrogens is 360 g/mol. The summed E-state index contributed by atoms with van der Waals surface area (Å²) in [5.74, 6) is 0.103. The van der Waals surface area contributed by atoms with Crippen LogP contribution >= 0.6 is 0 Å². The van der Waals surface area contributed by atoms with Crippen molar-refractivity contribution in [3.63, 3.8) is 0 Å². The monoisotopic (exact) mass is 382 g/mol. The van der Waals surface area contributed by atoms with Crippen LogP contribution in [0.25, 0.3) is 32.6 Å². The first-order valence-electron chi connectivity index (χ1n) is 9.32. The fourth-order valence-corrected chi connectivity index (χ4v) is 3.45. The third kappa shape index (κ3) is 3.39. The number of nitrogens with zero attached hydrogens (tertiary/aromatic N) is 1. The smallest absolute Gasteiger partial charge is 0.143 e. The lowest BCUT2D eigenvalue weighted by molar-refractivity contribution is 0.472. The third-order valence-electron chi connectivity index (χ3n) is 4.99. The zero-order valence-corrected chi connectivity index (χ0v) is 15.8. The molecular formula is C24H22N4O. The first-order valence-corrected chi connectivity index (χ1v) is 9.32. The van der Waals surface area contributed by atoms with Crippen molar-refractivity contribution in [1.82, 2.24) is 4.98 Å². The molecule has 1 heterocycles. The van der Waals surface area contributed by atoms with Gasteiger partial charge < -0.3 is 22.3 Å². The van der Waals surface area contributed by atoms with E-state index in [0.29, 0.717) is 17.8 Å². The average Bonchev–Trinajstić information content (AvgIpc) is 2.77. The highest BCUT2D eigenvalue weighted by Gasteiger charge is 2.08. The van der Waals surface area contributed by atoms with Gasteiger partial charge >= 0.3 is 0 Å². The SMILES string of the molecule is NCc1cc2ccccc2c(N)c1O.Nc1c2ccccc2nc2ccccc12. The summed E-state index contributed by atoms with van der Waals surface area (Å²) < 4.78 is 0. The van der Waals surface area contributed by atoms with Gasteiger partial charge in [0.15, 0.2) is 0 Å². The van der Waals surface area contributed by atoms with Gasteiger partial charge in [0.05, 0.1) is 22.4 Å². The zero-order valence-electron chi connectivity index (χ0n) is 15.8. The van der Waals surface area contributed by atoms with Gasteiger partial charge in [0.25, 0.3) is 0 Å². The second-order valence-electron chi connectivity index (χ2n) is 6.78. The molecule has 0 spiro atoms. The fourth-order valence-electron chi connectivity index (χ4n) is 3.45. The molecule has 29 heavy (non-hydrogen) atoms. The number of rotatable bonds is 1. The van der Waals surface area contributed by atoms with Crippen LogP contribution in [0.2, 0.25) is 0 Å².